The van der Waals surface area contributed by atoms with Crippen LogP contribution >= 0.6 is 0 Å². The highest BCUT2D eigenvalue weighted by molar-refractivity contribution is 5.86. The zero-order chi connectivity index (χ0) is 16.7. The van der Waals surface area contributed by atoms with Crippen LogP contribution in [-0.2, 0) is 9.59 Å². The molecule has 0 bridgehead atoms. The van der Waals surface area contributed by atoms with Crippen LogP contribution in [0.5, 0.6) is 0 Å². The van der Waals surface area contributed by atoms with Crippen LogP contribution in [-0.4, -0.2) is 41.6 Å². The molecule has 0 aromatic heterocycles. The van der Waals surface area contributed by atoms with Crippen LogP contribution in [0.2, 0.25) is 0 Å². The van der Waals surface area contributed by atoms with E-state index in [9.17, 15) is 14.4 Å². The second-order valence-corrected chi connectivity index (χ2v) is 5.83. The molecule has 0 saturated carbocycles. The van der Waals surface area contributed by atoms with Crippen molar-refractivity contribution >= 4 is 17.9 Å². The van der Waals surface area contributed by atoms with Crippen LogP contribution in [0.15, 0.2) is 0 Å². The number of nitrogens with one attached hydrogen (secondary N) is 3. The van der Waals surface area contributed by atoms with E-state index in [1.54, 1.807) is 0 Å². The number of hydrogen-bond donors (Lipinski definition) is 4. The third-order valence-corrected chi connectivity index (χ3v) is 3.48. The summed E-state index contributed by atoms with van der Waals surface area (Å²) in [5.74, 6) is -0.831. The Kier molecular flexibility index (Phi) is 6.63. The monoisotopic (exact) mass is 310 g/mol. The van der Waals surface area contributed by atoms with Crippen molar-refractivity contribution in [2.45, 2.75) is 45.2 Å². The van der Waals surface area contributed by atoms with Gasteiger partial charge in [-0.3, -0.25) is 9.59 Å². The first-order valence-corrected chi connectivity index (χ1v) is 7.30. The van der Waals surface area contributed by atoms with Crippen molar-refractivity contribution in [1.29, 1.82) is 5.26 Å². The van der Waals surface area contributed by atoms with E-state index < -0.39 is 24.1 Å². The van der Waals surface area contributed by atoms with E-state index >= 15 is 0 Å². The molecule has 122 valence electrons. The normalized spacial score (nSPS) is 19.9. The summed E-state index contributed by atoms with van der Waals surface area (Å²) in [5, 5.41) is 25.3. The van der Waals surface area contributed by atoms with Crippen molar-refractivity contribution in [1.82, 2.24) is 16.0 Å². The SMILES string of the molecule is CC(C)C[C@H](NC(=O)O)C(=O)N[C@H](C#N)C[C@@H]1CCNC1=O. The summed E-state index contributed by atoms with van der Waals surface area (Å²) in [6.07, 6.45) is -0.0877. The predicted octanol–water partition coefficient (Wildman–Crippen LogP) is 0.203. The number of carbonyl (C=O) groups excluding carboxylic acids is 2. The van der Waals surface area contributed by atoms with E-state index in [2.05, 4.69) is 16.0 Å². The van der Waals surface area contributed by atoms with E-state index in [0.717, 1.165) is 0 Å². The van der Waals surface area contributed by atoms with E-state index in [4.69, 9.17) is 10.4 Å². The van der Waals surface area contributed by atoms with Gasteiger partial charge in [0.15, 0.2) is 0 Å². The molecule has 1 heterocycles. The van der Waals surface area contributed by atoms with Gasteiger partial charge in [-0.05, 0) is 25.2 Å². The van der Waals surface area contributed by atoms with E-state index in [0.29, 0.717) is 19.4 Å². The molecule has 8 nitrogen and oxygen atoms in total. The van der Waals surface area contributed by atoms with Gasteiger partial charge in [-0.15, -0.1) is 0 Å². The van der Waals surface area contributed by atoms with Crippen LogP contribution in [0.25, 0.3) is 0 Å². The number of carbonyl (C=O) groups is 3. The summed E-state index contributed by atoms with van der Waals surface area (Å²) in [7, 11) is 0. The molecule has 1 fully saturated rings. The Morgan fingerprint density at radius 1 is 1.45 bits per heavy atom. The summed E-state index contributed by atoms with van der Waals surface area (Å²) in [5.41, 5.74) is 0. The van der Waals surface area contributed by atoms with E-state index in [1.807, 2.05) is 19.9 Å². The summed E-state index contributed by atoms with van der Waals surface area (Å²) in [4.78, 5) is 34.4. The minimum atomic E-state index is -1.29. The van der Waals surface area contributed by atoms with Crippen molar-refractivity contribution in [2.24, 2.45) is 11.8 Å². The number of nitrogens with zero attached hydrogens (tertiary/aromatic N) is 1. The van der Waals surface area contributed by atoms with Crippen molar-refractivity contribution in [2.75, 3.05) is 6.54 Å². The predicted molar refractivity (Wildman–Crippen MR) is 77.7 cm³/mol. The van der Waals surface area contributed by atoms with Crippen molar-refractivity contribution in [3.8, 4) is 6.07 Å². The maximum atomic E-state index is 12.2. The van der Waals surface area contributed by atoms with Crippen LogP contribution < -0.4 is 16.0 Å². The van der Waals surface area contributed by atoms with Gasteiger partial charge in [0.05, 0.1) is 6.07 Å². The lowest BCUT2D eigenvalue weighted by Gasteiger charge is -2.21. The lowest BCUT2D eigenvalue weighted by Crippen LogP contribution is -2.50. The Labute approximate surface area is 129 Å². The fraction of sp³-hybridized carbons (Fsp3) is 0.714. The Hall–Kier alpha value is -2.30. The number of amides is 3. The first-order valence-electron chi connectivity index (χ1n) is 7.30. The number of nitriles is 1. The molecule has 0 aromatic rings. The maximum Gasteiger partial charge on any atom is 0.405 e. The Morgan fingerprint density at radius 3 is 2.59 bits per heavy atom. The zero-order valence-corrected chi connectivity index (χ0v) is 12.8. The second kappa shape index (κ2) is 8.22. The molecule has 3 atom stereocenters. The minimum Gasteiger partial charge on any atom is -0.465 e. The Balaban J connectivity index is 2.62. The summed E-state index contributed by atoms with van der Waals surface area (Å²) >= 11 is 0. The van der Waals surface area contributed by atoms with Gasteiger partial charge in [0.25, 0.3) is 0 Å². The molecular formula is C14H22N4O4. The third kappa shape index (κ3) is 5.60. The molecule has 0 aliphatic carbocycles. The molecule has 4 N–H and O–H groups in total. The average molecular weight is 310 g/mol. The molecule has 0 unspecified atom stereocenters. The third-order valence-electron chi connectivity index (χ3n) is 3.48. The van der Waals surface area contributed by atoms with Gasteiger partial charge in [0, 0.05) is 12.5 Å². The number of rotatable bonds is 7. The zero-order valence-electron chi connectivity index (χ0n) is 12.8. The Morgan fingerprint density at radius 2 is 2.14 bits per heavy atom. The molecular weight excluding hydrogens is 288 g/mol. The molecule has 22 heavy (non-hydrogen) atoms. The lowest BCUT2D eigenvalue weighted by molar-refractivity contribution is -0.125. The number of carboxylic acid groups (broad SMARTS) is 1. The van der Waals surface area contributed by atoms with Crippen molar-refractivity contribution in [3.63, 3.8) is 0 Å². The van der Waals surface area contributed by atoms with Crippen LogP contribution in [0, 0.1) is 23.2 Å². The quantitative estimate of drug-likeness (QED) is 0.533. The fourth-order valence-electron chi connectivity index (χ4n) is 2.42. The van der Waals surface area contributed by atoms with Crippen LogP contribution in [0.1, 0.15) is 33.1 Å². The molecule has 1 aliphatic rings. The molecule has 8 heteroatoms. The first-order chi connectivity index (χ1) is 10.3. The largest absolute Gasteiger partial charge is 0.465 e. The Bertz CT molecular complexity index is 472. The highest BCUT2D eigenvalue weighted by Gasteiger charge is 2.29. The molecule has 3 amide bonds. The van der Waals surface area contributed by atoms with Crippen molar-refractivity contribution < 1.29 is 19.5 Å². The maximum absolute atomic E-state index is 12.2. The van der Waals surface area contributed by atoms with Crippen molar-refractivity contribution in [3.05, 3.63) is 0 Å². The molecule has 0 aromatic carbocycles. The van der Waals surface area contributed by atoms with Gasteiger partial charge in [0.1, 0.15) is 12.1 Å². The van der Waals surface area contributed by atoms with Gasteiger partial charge in [-0.2, -0.15) is 5.26 Å². The van der Waals surface area contributed by atoms with Crippen LogP contribution in [0.3, 0.4) is 0 Å². The molecule has 1 aliphatic heterocycles. The molecule has 1 rings (SSSR count). The molecule has 1 saturated heterocycles. The smallest absolute Gasteiger partial charge is 0.405 e. The first kappa shape index (κ1) is 17.8. The highest BCUT2D eigenvalue weighted by Crippen LogP contribution is 2.16. The second-order valence-electron chi connectivity index (χ2n) is 5.83. The van der Waals surface area contributed by atoms with Crippen LogP contribution in [0.4, 0.5) is 4.79 Å². The topological polar surface area (TPSA) is 131 Å². The molecule has 0 radical (unpaired) electrons. The van der Waals surface area contributed by atoms with E-state index in [-0.39, 0.29) is 24.2 Å². The fourth-order valence-corrected chi connectivity index (χ4v) is 2.42. The highest BCUT2D eigenvalue weighted by atomic mass is 16.4. The summed E-state index contributed by atoms with van der Waals surface area (Å²) in [6, 6.07) is 0.230. The van der Waals surface area contributed by atoms with Gasteiger partial charge in [-0.25, -0.2) is 4.79 Å². The van der Waals surface area contributed by atoms with Gasteiger partial charge in [-0.1, -0.05) is 13.8 Å². The van der Waals surface area contributed by atoms with Gasteiger partial charge >= 0.3 is 6.09 Å². The lowest BCUT2D eigenvalue weighted by atomic mass is 9.98. The average Bonchev–Trinajstić information content (AvgIpc) is 2.81. The minimum absolute atomic E-state index is 0.114. The number of hydrogen-bond acceptors (Lipinski definition) is 4. The molecule has 0 spiro atoms. The summed E-state index contributed by atoms with van der Waals surface area (Å²) in [6.45, 7) is 4.31. The van der Waals surface area contributed by atoms with E-state index in [1.165, 1.54) is 0 Å². The van der Waals surface area contributed by atoms with Gasteiger partial charge < -0.3 is 21.1 Å². The standard InChI is InChI=1S/C14H22N4O4/c1-8(2)5-11(18-14(21)22)13(20)17-10(7-15)6-9-3-4-16-12(9)19/h8-11,18H,3-6H2,1-2H3,(H,16,19)(H,17,20)(H,21,22)/t9-,10-,11-/m0/s1. The summed E-state index contributed by atoms with van der Waals surface area (Å²) < 4.78 is 0. The van der Waals surface area contributed by atoms with Gasteiger partial charge in [0.2, 0.25) is 11.8 Å².